The number of hydrogen-bond donors (Lipinski definition) is 2. The Bertz CT molecular complexity index is 1140. The minimum absolute atomic E-state index is 0.0292. The van der Waals surface area contributed by atoms with Gasteiger partial charge >= 0.3 is 6.03 Å². The van der Waals surface area contributed by atoms with Crippen molar-refractivity contribution in [3.63, 3.8) is 0 Å². The van der Waals surface area contributed by atoms with E-state index in [0.717, 1.165) is 70.8 Å². The van der Waals surface area contributed by atoms with Crippen molar-refractivity contribution < 1.29 is 9.59 Å². The molecule has 1 aliphatic heterocycles. The molecule has 3 fully saturated rings. The molecular weight excluding hydrogens is 460 g/mol. The Morgan fingerprint density at radius 3 is 2.59 bits per heavy atom. The van der Waals surface area contributed by atoms with Gasteiger partial charge in [-0.25, -0.2) is 4.79 Å². The van der Waals surface area contributed by atoms with Crippen LogP contribution in [-0.4, -0.2) is 57.9 Å². The van der Waals surface area contributed by atoms with E-state index in [9.17, 15) is 9.59 Å². The van der Waals surface area contributed by atoms with E-state index in [4.69, 9.17) is 0 Å². The van der Waals surface area contributed by atoms with Crippen molar-refractivity contribution in [3.05, 3.63) is 48.2 Å². The third-order valence-corrected chi connectivity index (χ3v) is 9.62. The smallest absolute Gasteiger partial charge is 0.324 e. The molecular formula is C31H42N4O2. The predicted molar refractivity (Wildman–Crippen MR) is 148 cm³/mol. The molecule has 0 spiro atoms. The Morgan fingerprint density at radius 1 is 1.08 bits per heavy atom. The number of urea groups is 1. The molecule has 0 bridgehead atoms. The average molecular weight is 503 g/mol. The zero-order valence-corrected chi connectivity index (χ0v) is 22.1. The second-order valence-electron chi connectivity index (χ2n) is 11.9. The minimum Gasteiger partial charge on any atom is -0.361 e. The molecule has 1 saturated heterocycles. The predicted octanol–water partition coefficient (Wildman–Crippen LogP) is 5.89. The summed E-state index contributed by atoms with van der Waals surface area (Å²) in [5.41, 5.74) is 3.92. The summed E-state index contributed by atoms with van der Waals surface area (Å²) >= 11 is 0. The van der Waals surface area contributed by atoms with Gasteiger partial charge in [-0.3, -0.25) is 14.6 Å². The zero-order chi connectivity index (χ0) is 25.4. The van der Waals surface area contributed by atoms with Gasteiger partial charge in [0.15, 0.2) is 0 Å². The highest BCUT2D eigenvalue weighted by Gasteiger charge is 2.45. The fraction of sp³-hybridized carbons (Fsp3) is 0.613. The maximum Gasteiger partial charge on any atom is 0.324 e. The van der Waals surface area contributed by atoms with Gasteiger partial charge in [0.25, 0.3) is 0 Å². The monoisotopic (exact) mass is 502 g/mol. The lowest BCUT2D eigenvalue weighted by Crippen LogP contribution is -2.58. The number of nitrogens with zero attached hydrogens (tertiary/aromatic N) is 2. The Labute approximate surface area is 220 Å². The van der Waals surface area contributed by atoms with Crippen molar-refractivity contribution in [1.29, 1.82) is 0 Å². The second kappa shape index (κ2) is 10.6. The molecule has 1 aromatic heterocycles. The number of amides is 3. The molecule has 198 valence electrons. The molecule has 3 amide bonds. The van der Waals surface area contributed by atoms with E-state index in [1.54, 1.807) is 4.90 Å². The number of fused-ring (bicyclic) bond motifs is 2. The summed E-state index contributed by atoms with van der Waals surface area (Å²) in [4.78, 5) is 35.7. The van der Waals surface area contributed by atoms with E-state index in [1.807, 2.05) is 6.08 Å². The number of imide groups is 1. The fourth-order valence-corrected chi connectivity index (χ4v) is 7.83. The molecule has 6 rings (SSSR count). The standard InChI is InChI=1S/C31H42N4O2/c1-2-16-34-20-22(17-26-25-14-9-15-27-29(25)21(19-32-27)18-28(26)34)30(36)35(24-12-7-4-8-13-24)31(37)33-23-10-5-3-6-11-23/h2,9,14-15,19,22-24,26,28,32H,1,3-8,10-13,16-18,20H2,(H,33,37)/t22-,26-,28-/m1/s1. The van der Waals surface area contributed by atoms with Gasteiger partial charge in [-0.1, -0.05) is 56.7 Å². The van der Waals surface area contributed by atoms with Crippen LogP contribution >= 0.6 is 0 Å². The van der Waals surface area contributed by atoms with Crippen LogP contribution in [0.1, 0.15) is 87.7 Å². The van der Waals surface area contributed by atoms with Crippen molar-refractivity contribution in [2.45, 2.75) is 101 Å². The summed E-state index contributed by atoms with van der Waals surface area (Å²) in [6, 6.07) is 6.99. The molecule has 1 aromatic carbocycles. The van der Waals surface area contributed by atoms with Gasteiger partial charge < -0.3 is 10.3 Å². The highest BCUT2D eigenvalue weighted by Crippen LogP contribution is 2.45. The van der Waals surface area contributed by atoms with E-state index in [-0.39, 0.29) is 35.9 Å². The van der Waals surface area contributed by atoms with E-state index in [1.165, 1.54) is 34.9 Å². The number of H-pyrrole nitrogens is 1. The van der Waals surface area contributed by atoms with E-state index >= 15 is 0 Å². The number of likely N-dealkylation sites (tertiary alicyclic amines) is 1. The van der Waals surface area contributed by atoms with Gasteiger partial charge in [-0.15, -0.1) is 6.58 Å². The first-order chi connectivity index (χ1) is 18.1. The summed E-state index contributed by atoms with van der Waals surface area (Å²) in [7, 11) is 0. The van der Waals surface area contributed by atoms with Crippen molar-refractivity contribution in [2.75, 3.05) is 13.1 Å². The van der Waals surface area contributed by atoms with Gasteiger partial charge in [0.05, 0.1) is 5.92 Å². The number of carbonyl (C=O) groups excluding carboxylic acids is 2. The number of hydrogen-bond acceptors (Lipinski definition) is 3. The number of carbonyl (C=O) groups is 2. The normalized spacial score (nSPS) is 27.0. The number of rotatable bonds is 5. The summed E-state index contributed by atoms with van der Waals surface area (Å²) < 4.78 is 0. The molecule has 0 unspecified atom stereocenters. The lowest BCUT2D eigenvalue weighted by molar-refractivity contribution is -0.137. The molecule has 6 heteroatoms. The lowest BCUT2D eigenvalue weighted by atomic mass is 9.72. The van der Waals surface area contributed by atoms with Crippen molar-refractivity contribution >= 4 is 22.8 Å². The molecule has 3 aliphatic carbocycles. The molecule has 4 aliphatic rings. The second-order valence-corrected chi connectivity index (χ2v) is 11.9. The largest absolute Gasteiger partial charge is 0.361 e. The molecule has 3 atom stereocenters. The maximum absolute atomic E-state index is 14.3. The molecule has 6 nitrogen and oxygen atoms in total. The molecule has 2 saturated carbocycles. The van der Waals surface area contributed by atoms with Gasteiger partial charge in [0, 0.05) is 54.2 Å². The van der Waals surface area contributed by atoms with Crippen LogP contribution in [0.2, 0.25) is 0 Å². The summed E-state index contributed by atoms with van der Waals surface area (Å²) in [6.45, 7) is 5.49. The van der Waals surface area contributed by atoms with Crippen LogP contribution in [0.15, 0.2) is 37.1 Å². The van der Waals surface area contributed by atoms with Gasteiger partial charge in [-0.05, 0) is 55.7 Å². The number of aromatic amines is 1. The third kappa shape index (κ3) is 4.73. The first-order valence-electron chi connectivity index (χ1n) is 14.7. The van der Waals surface area contributed by atoms with Gasteiger partial charge in [-0.2, -0.15) is 0 Å². The highest BCUT2D eigenvalue weighted by molar-refractivity contribution is 5.96. The molecule has 2 aromatic rings. The first kappa shape index (κ1) is 24.7. The summed E-state index contributed by atoms with van der Waals surface area (Å²) in [5, 5.41) is 4.63. The van der Waals surface area contributed by atoms with E-state index < -0.39 is 0 Å². The zero-order valence-electron chi connectivity index (χ0n) is 22.1. The fourth-order valence-electron chi connectivity index (χ4n) is 7.83. The van der Waals surface area contributed by atoms with Crippen LogP contribution in [-0.2, 0) is 11.2 Å². The van der Waals surface area contributed by atoms with Crippen LogP contribution in [0.3, 0.4) is 0 Å². The third-order valence-electron chi connectivity index (χ3n) is 9.62. The highest BCUT2D eigenvalue weighted by atomic mass is 16.2. The summed E-state index contributed by atoms with van der Waals surface area (Å²) in [5.74, 6) is 0.139. The first-order valence-corrected chi connectivity index (χ1v) is 14.7. The summed E-state index contributed by atoms with van der Waals surface area (Å²) in [6.07, 6.45) is 16.8. The Hall–Kier alpha value is -2.60. The minimum atomic E-state index is -0.184. The Morgan fingerprint density at radius 2 is 1.84 bits per heavy atom. The van der Waals surface area contributed by atoms with Crippen LogP contribution in [0.5, 0.6) is 0 Å². The lowest BCUT2D eigenvalue weighted by Gasteiger charge is -2.47. The van der Waals surface area contributed by atoms with Crippen LogP contribution in [0.25, 0.3) is 10.9 Å². The topological polar surface area (TPSA) is 68.4 Å². The van der Waals surface area contributed by atoms with Gasteiger partial charge in [0.2, 0.25) is 5.91 Å². The van der Waals surface area contributed by atoms with Gasteiger partial charge in [0.1, 0.15) is 0 Å². The number of piperidine rings is 1. The molecule has 37 heavy (non-hydrogen) atoms. The SMILES string of the molecule is C=CCN1C[C@H](C(=O)N(C(=O)NC2CCCCC2)C2CCCCC2)C[C@@H]2c3cccc4[nH]cc(c34)C[C@H]21. The van der Waals surface area contributed by atoms with Crippen molar-refractivity contribution in [2.24, 2.45) is 5.92 Å². The van der Waals surface area contributed by atoms with Crippen LogP contribution < -0.4 is 5.32 Å². The van der Waals surface area contributed by atoms with Crippen molar-refractivity contribution in [1.82, 2.24) is 20.1 Å². The number of aromatic nitrogens is 1. The average Bonchev–Trinajstić information content (AvgIpc) is 3.34. The Balaban J connectivity index is 1.29. The number of benzene rings is 1. The molecule has 0 radical (unpaired) electrons. The Kier molecular flexibility index (Phi) is 7.11. The molecule has 2 heterocycles. The maximum atomic E-state index is 14.3. The van der Waals surface area contributed by atoms with Crippen LogP contribution in [0.4, 0.5) is 4.79 Å². The quantitative estimate of drug-likeness (QED) is 0.501. The number of nitrogens with one attached hydrogen (secondary N) is 2. The van der Waals surface area contributed by atoms with Crippen molar-refractivity contribution in [3.8, 4) is 0 Å². The van der Waals surface area contributed by atoms with E-state index in [0.29, 0.717) is 12.6 Å². The molecule has 2 N–H and O–H groups in total. The van der Waals surface area contributed by atoms with E-state index in [2.05, 4.69) is 46.2 Å². The van der Waals surface area contributed by atoms with Crippen LogP contribution in [0, 0.1) is 5.92 Å².